The lowest BCUT2D eigenvalue weighted by Gasteiger charge is -2.23. The van der Waals surface area contributed by atoms with Gasteiger partial charge < -0.3 is 10.1 Å². The summed E-state index contributed by atoms with van der Waals surface area (Å²) in [6, 6.07) is 27.5. The lowest BCUT2D eigenvalue weighted by atomic mass is 9.95. The molecule has 0 aliphatic rings. The summed E-state index contributed by atoms with van der Waals surface area (Å²) in [7, 11) is 0. The van der Waals surface area contributed by atoms with E-state index in [1.54, 1.807) is 0 Å². The van der Waals surface area contributed by atoms with Gasteiger partial charge in [-0.15, -0.1) is 0 Å². The van der Waals surface area contributed by atoms with Crippen molar-refractivity contribution in [2.75, 3.05) is 11.9 Å². The summed E-state index contributed by atoms with van der Waals surface area (Å²) in [5.74, 6) is 0.106. The molecular formula is C25H27NO2. The van der Waals surface area contributed by atoms with Crippen molar-refractivity contribution < 1.29 is 9.53 Å². The first-order valence-corrected chi connectivity index (χ1v) is 9.74. The summed E-state index contributed by atoms with van der Waals surface area (Å²) in [6.45, 7) is 4.57. The van der Waals surface area contributed by atoms with Gasteiger partial charge >= 0.3 is 0 Å². The van der Waals surface area contributed by atoms with Crippen LogP contribution in [0.3, 0.4) is 0 Å². The zero-order valence-corrected chi connectivity index (χ0v) is 16.5. The molecule has 3 aromatic rings. The molecular weight excluding hydrogens is 346 g/mol. The molecule has 28 heavy (non-hydrogen) atoms. The highest BCUT2D eigenvalue weighted by Crippen LogP contribution is 2.28. The van der Waals surface area contributed by atoms with Crippen LogP contribution in [-0.2, 0) is 9.53 Å². The van der Waals surface area contributed by atoms with Gasteiger partial charge in [0.1, 0.15) is 6.04 Å². The molecule has 0 fully saturated rings. The van der Waals surface area contributed by atoms with Gasteiger partial charge in [-0.1, -0.05) is 78.4 Å². The van der Waals surface area contributed by atoms with Crippen LogP contribution in [0.1, 0.15) is 42.2 Å². The zero-order valence-electron chi connectivity index (χ0n) is 16.5. The number of ether oxygens (including phenoxy) is 1. The number of rotatable bonds is 9. The predicted octanol–water partition coefficient (Wildman–Crippen LogP) is 5.89. The highest BCUT2D eigenvalue weighted by atomic mass is 16.5. The number of nitrogens with one attached hydrogen (secondary N) is 1. The predicted molar refractivity (Wildman–Crippen MR) is 114 cm³/mol. The maximum atomic E-state index is 13.3. The number of hydrogen-bond acceptors (Lipinski definition) is 3. The number of Topliss-reactive ketones (excluding diaryl/α,β-unsaturated/α-hetero) is 1. The second-order valence-electron chi connectivity index (χ2n) is 6.88. The first-order chi connectivity index (χ1) is 13.7. The van der Waals surface area contributed by atoms with E-state index in [0.717, 1.165) is 16.8 Å². The molecule has 1 N–H and O–H groups in total. The van der Waals surface area contributed by atoms with E-state index >= 15 is 0 Å². The van der Waals surface area contributed by atoms with Gasteiger partial charge in [0.25, 0.3) is 0 Å². The molecule has 3 aromatic carbocycles. The molecule has 0 radical (unpaired) electrons. The van der Waals surface area contributed by atoms with E-state index in [9.17, 15) is 4.79 Å². The summed E-state index contributed by atoms with van der Waals surface area (Å²) < 4.78 is 5.91. The number of ketones is 1. The number of para-hydroxylation sites is 1. The maximum Gasteiger partial charge on any atom is 0.162 e. The van der Waals surface area contributed by atoms with Crippen LogP contribution in [0.4, 0.5) is 5.69 Å². The lowest BCUT2D eigenvalue weighted by molar-refractivity contribution is -0.122. The van der Waals surface area contributed by atoms with Crippen LogP contribution < -0.4 is 5.32 Å². The van der Waals surface area contributed by atoms with Gasteiger partial charge in [-0.25, -0.2) is 0 Å². The van der Waals surface area contributed by atoms with E-state index in [1.807, 2.05) is 98.8 Å². The van der Waals surface area contributed by atoms with E-state index in [1.165, 1.54) is 5.56 Å². The van der Waals surface area contributed by atoms with Crippen LogP contribution in [0, 0.1) is 6.92 Å². The molecule has 0 aromatic heterocycles. The van der Waals surface area contributed by atoms with Crippen LogP contribution in [0.5, 0.6) is 0 Å². The second-order valence-corrected chi connectivity index (χ2v) is 6.88. The molecule has 3 heteroatoms. The molecule has 3 rings (SSSR count). The van der Waals surface area contributed by atoms with E-state index in [2.05, 4.69) is 5.32 Å². The molecule has 0 bridgehead atoms. The third kappa shape index (κ3) is 5.30. The third-order valence-electron chi connectivity index (χ3n) is 4.74. The van der Waals surface area contributed by atoms with E-state index in [-0.39, 0.29) is 11.9 Å². The number of carbonyl (C=O) groups is 1. The Labute approximate surface area is 167 Å². The van der Waals surface area contributed by atoms with Crippen LogP contribution >= 0.6 is 0 Å². The molecule has 0 aliphatic carbocycles. The van der Waals surface area contributed by atoms with Crippen molar-refractivity contribution in [3.63, 3.8) is 0 Å². The first-order valence-electron chi connectivity index (χ1n) is 9.74. The van der Waals surface area contributed by atoms with Crippen LogP contribution in [-0.4, -0.2) is 12.4 Å². The Bertz CT molecular complexity index is 860. The average Bonchev–Trinajstić information content (AvgIpc) is 2.74. The van der Waals surface area contributed by atoms with Gasteiger partial charge in [-0.3, -0.25) is 4.79 Å². The molecule has 2 atom stereocenters. The SMILES string of the molecule is CCOC(CC(=O)C(Nc1ccccc1)c1ccc(C)cc1)c1ccccc1. The van der Waals surface area contributed by atoms with Crippen molar-refractivity contribution in [3.8, 4) is 0 Å². The molecule has 0 aliphatic heterocycles. The monoisotopic (exact) mass is 373 g/mol. The van der Waals surface area contributed by atoms with Crippen LogP contribution in [0.25, 0.3) is 0 Å². The summed E-state index contributed by atoms with van der Waals surface area (Å²) in [6.07, 6.45) is 0.0696. The fourth-order valence-electron chi connectivity index (χ4n) is 3.25. The summed E-state index contributed by atoms with van der Waals surface area (Å²) in [5.41, 5.74) is 4.09. The minimum Gasteiger partial charge on any atom is -0.373 e. The Kier molecular flexibility index (Phi) is 6.99. The highest BCUT2D eigenvalue weighted by molar-refractivity contribution is 5.88. The fraction of sp³-hybridized carbons (Fsp3) is 0.240. The second kappa shape index (κ2) is 9.86. The maximum absolute atomic E-state index is 13.3. The summed E-state index contributed by atoms with van der Waals surface area (Å²) >= 11 is 0. The molecule has 0 spiro atoms. The van der Waals surface area contributed by atoms with Gasteiger partial charge in [-0.2, -0.15) is 0 Å². The van der Waals surface area contributed by atoms with Crippen molar-refractivity contribution in [1.29, 1.82) is 0 Å². The summed E-state index contributed by atoms with van der Waals surface area (Å²) in [5, 5.41) is 3.41. The molecule has 144 valence electrons. The molecule has 0 saturated heterocycles. The van der Waals surface area contributed by atoms with Gasteiger partial charge in [0.2, 0.25) is 0 Å². The smallest absolute Gasteiger partial charge is 0.162 e. The fourth-order valence-corrected chi connectivity index (χ4v) is 3.25. The minimum absolute atomic E-state index is 0.106. The Morgan fingerprint density at radius 3 is 2.07 bits per heavy atom. The van der Waals surface area contributed by atoms with Crippen molar-refractivity contribution in [2.45, 2.75) is 32.4 Å². The first kappa shape index (κ1) is 19.8. The Balaban J connectivity index is 1.85. The van der Waals surface area contributed by atoms with E-state index < -0.39 is 6.04 Å². The van der Waals surface area contributed by atoms with Crippen LogP contribution in [0.2, 0.25) is 0 Å². The van der Waals surface area contributed by atoms with Crippen molar-refractivity contribution in [1.82, 2.24) is 0 Å². The Morgan fingerprint density at radius 2 is 1.46 bits per heavy atom. The number of hydrogen-bond donors (Lipinski definition) is 1. The van der Waals surface area contributed by atoms with Crippen molar-refractivity contribution in [2.24, 2.45) is 0 Å². The molecule has 0 saturated carbocycles. The molecule has 0 heterocycles. The van der Waals surface area contributed by atoms with Gasteiger partial charge in [0.05, 0.1) is 6.10 Å². The van der Waals surface area contributed by atoms with E-state index in [4.69, 9.17) is 4.74 Å². The number of aryl methyl sites for hydroxylation is 1. The quantitative estimate of drug-likeness (QED) is 0.508. The van der Waals surface area contributed by atoms with Gasteiger partial charge in [-0.05, 0) is 37.1 Å². The average molecular weight is 373 g/mol. The normalized spacial score (nSPS) is 12.9. The number of carbonyl (C=O) groups excluding carboxylic acids is 1. The standard InChI is InChI=1S/C25H27NO2/c1-3-28-24(20-10-6-4-7-11-20)18-23(27)25(21-16-14-19(2)15-17-21)26-22-12-8-5-9-13-22/h4-17,24-26H,3,18H2,1-2H3. The Hall–Kier alpha value is -2.91. The third-order valence-corrected chi connectivity index (χ3v) is 4.74. The topological polar surface area (TPSA) is 38.3 Å². The Morgan fingerprint density at radius 1 is 0.857 bits per heavy atom. The highest BCUT2D eigenvalue weighted by Gasteiger charge is 2.25. The largest absolute Gasteiger partial charge is 0.373 e. The summed E-state index contributed by atoms with van der Waals surface area (Å²) in [4.78, 5) is 13.3. The molecule has 3 nitrogen and oxygen atoms in total. The minimum atomic E-state index is -0.422. The van der Waals surface area contributed by atoms with Crippen molar-refractivity contribution in [3.05, 3.63) is 102 Å². The van der Waals surface area contributed by atoms with Crippen molar-refractivity contribution >= 4 is 11.5 Å². The number of benzene rings is 3. The van der Waals surface area contributed by atoms with Gasteiger partial charge in [0, 0.05) is 18.7 Å². The van der Waals surface area contributed by atoms with E-state index in [0.29, 0.717) is 13.0 Å². The molecule has 0 amide bonds. The van der Waals surface area contributed by atoms with Gasteiger partial charge in [0.15, 0.2) is 5.78 Å². The van der Waals surface area contributed by atoms with Crippen LogP contribution in [0.15, 0.2) is 84.9 Å². The molecule has 2 unspecified atom stereocenters. The number of anilines is 1. The zero-order chi connectivity index (χ0) is 19.8. The lowest BCUT2D eigenvalue weighted by Crippen LogP contribution is -2.23.